The monoisotopic (exact) mass is 224 g/mol. The van der Waals surface area contributed by atoms with Crippen molar-refractivity contribution in [3.63, 3.8) is 0 Å². The van der Waals surface area contributed by atoms with E-state index in [-0.39, 0.29) is 6.10 Å². The summed E-state index contributed by atoms with van der Waals surface area (Å²) in [6.07, 6.45) is 3.18. The molecular formula is C13H20O3. The lowest BCUT2D eigenvalue weighted by molar-refractivity contribution is 0.0295. The van der Waals surface area contributed by atoms with Crippen molar-refractivity contribution in [2.75, 3.05) is 6.61 Å². The van der Waals surface area contributed by atoms with Crippen LogP contribution in [0.1, 0.15) is 33.6 Å². The Morgan fingerprint density at radius 3 is 2.88 bits per heavy atom. The fraction of sp³-hybridized carbons (Fsp3) is 0.615. The number of hydrogen-bond acceptors (Lipinski definition) is 3. The summed E-state index contributed by atoms with van der Waals surface area (Å²) in [5.74, 6) is 0.406. The van der Waals surface area contributed by atoms with Crippen LogP contribution in [0.25, 0.3) is 0 Å². The van der Waals surface area contributed by atoms with E-state index < -0.39 is 6.16 Å². The van der Waals surface area contributed by atoms with Gasteiger partial charge in [0.2, 0.25) is 0 Å². The van der Waals surface area contributed by atoms with Crippen LogP contribution in [0.5, 0.6) is 0 Å². The maximum atomic E-state index is 11.2. The average Bonchev–Trinajstić information content (AvgIpc) is 2.21. The quantitative estimate of drug-likeness (QED) is 0.544. The number of allylic oxidation sites excluding steroid dienone is 2. The highest BCUT2D eigenvalue weighted by Gasteiger charge is 2.25. The molecular weight excluding hydrogens is 204 g/mol. The van der Waals surface area contributed by atoms with E-state index in [9.17, 15) is 4.79 Å². The Hall–Kier alpha value is -1.25. The fourth-order valence-electron chi connectivity index (χ4n) is 1.81. The maximum absolute atomic E-state index is 11.2. The summed E-state index contributed by atoms with van der Waals surface area (Å²) in [5, 5.41) is 0. The van der Waals surface area contributed by atoms with Crippen molar-refractivity contribution >= 4 is 6.16 Å². The molecule has 0 unspecified atom stereocenters. The van der Waals surface area contributed by atoms with Crippen molar-refractivity contribution in [2.24, 2.45) is 5.92 Å². The van der Waals surface area contributed by atoms with E-state index >= 15 is 0 Å². The minimum Gasteiger partial charge on any atom is -0.435 e. The van der Waals surface area contributed by atoms with Crippen LogP contribution >= 0.6 is 0 Å². The van der Waals surface area contributed by atoms with Crippen molar-refractivity contribution in [3.05, 3.63) is 23.8 Å². The molecule has 0 aromatic heterocycles. The van der Waals surface area contributed by atoms with E-state index in [1.165, 1.54) is 0 Å². The van der Waals surface area contributed by atoms with E-state index in [4.69, 9.17) is 9.47 Å². The van der Waals surface area contributed by atoms with E-state index in [0.29, 0.717) is 12.5 Å². The molecule has 0 amide bonds. The molecule has 90 valence electrons. The number of carbonyl (C=O) groups is 1. The highest BCUT2D eigenvalue weighted by atomic mass is 16.7. The first-order chi connectivity index (χ1) is 7.54. The summed E-state index contributed by atoms with van der Waals surface area (Å²) >= 11 is 0. The van der Waals surface area contributed by atoms with Crippen LogP contribution in [0, 0.1) is 5.92 Å². The zero-order chi connectivity index (χ0) is 12.1. The van der Waals surface area contributed by atoms with Crippen molar-refractivity contribution in [1.29, 1.82) is 0 Å². The Morgan fingerprint density at radius 2 is 2.31 bits per heavy atom. The van der Waals surface area contributed by atoms with Crippen molar-refractivity contribution in [3.8, 4) is 0 Å². The van der Waals surface area contributed by atoms with Gasteiger partial charge in [-0.2, -0.15) is 0 Å². The Balaban J connectivity index is 2.58. The van der Waals surface area contributed by atoms with Gasteiger partial charge < -0.3 is 9.47 Å². The van der Waals surface area contributed by atoms with Gasteiger partial charge in [0.25, 0.3) is 0 Å². The molecule has 1 aliphatic rings. The first kappa shape index (κ1) is 12.8. The molecule has 0 radical (unpaired) electrons. The van der Waals surface area contributed by atoms with Crippen LogP contribution in [-0.2, 0) is 9.47 Å². The number of hydrogen-bond donors (Lipinski definition) is 0. The summed E-state index contributed by atoms with van der Waals surface area (Å²) in [4.78, 5) is 11.2. The molecule has 3 nitrogen and oxygen atoms in total. The van der Waals surface area contributed by atoms with Crippen molar-refractivity contribution < 1.29 is 14.3 Å². The second-order valence-corrected chi connectivity index (χ2v) is 4.25. The van der Waals surface area contributed by atoms with Gasteiger partial charge in [-0.1, -0.05) is 18.2 Å². The molecule has 0 aromatic carbocycles. The third kappa shape index (κ3) is 3.40. The van der Waals surface area contributed by atoms with Crippen LogP contribution in [0.3, 0.4) is 0 Å². The van der Waals surface area contributed by atoms with Gasteiger partial charge >= 0.3 is 6.16 Å². The highest BCUT2D eigenvalue weighted by molar-refractivity contribution is 5.60. The predicted octanol–water partition coefficient (Wildman–Crippen LogP) is 3.46. The van der Waals surface area contributed by atoms with E-state index in [2.05, 4.69) is 12.7 Å². The van der Waals surface area contributed by atoms with Crippen molar-refractivity contribution in [2.45, 2.75) is 39.7 Å². The molecule has 0 spiro atoms. The Morgan fingerprint density at radius 1 is 1.62 bits per heavy atom. The number of rotatable bonds is 3. The van der Waals surface area contributed by atoms with Gasteiger partial charge in [-0.25, -0.2) is 4.79 Å². The third-order valence-corrected chi connectivity index (χ3v) is 2.93. The first-order valence-electron chi connectivity index (χ1n) is 5.70. The lowest BCUT2D eigenvalue weighted by atomic mass is 9.84. The molecule has 0 saturated heterocycles. The SMILES string of the molecule is C=C(C)[C@@H]1CC=C(C)[C@H](OC(=O)OCC)C1. The minimum atomic E-state index is -0.581. The maximum Gasteiger partial charge on any atom is 0.508 e. The lowest BCUT2D eigenvalue weighted by Gasteiger charge is -2.28. The minimum absolute atomic E-state index is 0.158. The zero-order valence-electron chi connectivity index (χ0n) is 10.3. The van der Waals surface area contributed by atoms with E-state index in [1.54, 1.807) is 6.92 Å². The molecule has 0 aromatic rings. The van der Waals surface area contributed by atoms with E-state index in [0.717, 1.165) is 24.0 Å². The Kier molecular flexibility index (Phi) is 4.59. The van der Waals surface area contributed by atoms with Crippen LogP contribution in [0.2, 0.25) is 0 Å². The van der Waals surface area contributed by atoms with Gasteiger partial charge in [-0.3, -0.25) is 0 Å². The fourth-order valence-corrected chi connectivity index (χ4v) is 1.81. The molecule has 0 fully saturated rings. The normalized spacial score (nSPS) is 24.6. The molecule has 2 atom stereocenters. The van der Waals surface area contributed by atoms with Gasteiger partial charge in [-0.15, -0.1) is 0 Å². The molecule has 0 bridgehead atoms. The molecule has 1 aliphatic carbocycles. The van der Waals surface area contributed by atoms with Crippen LogP contribution in [0.4, 0.5) is 4.79 Å². The summed E-state index contributed by atoms with van der Waals surface area (Å²) in [5.41, 5.74) is 2.24. The summed E-state index contributed by atoms with van der Waals surface area (Å²) < 4.78 is 10.0. The topological polar surface area (TPSA) is 35.5 Å². The summed E-state index contributed by atoms with van der Waals surface area (Å²) in [6.45, 7) is 10.1. The Bertz CT molecular complexity index is 304. The molecule has 1 rings (SSSR count). The Labute approximate surface area is 97.1 Å². The second-order valence-electron chi connectivity index (χ2n) is 4.25. The molecule has 0 heterocycles. The van der Waals surface area contributed by atoms with Gasteiger partial charge in [0.1, 0.15) is 6.10 Å². The predicted molar refractivity (Wildman–Crippen MR) is 63.2 cm³/mol. The van der Waals surface area contributed by atoms with Crippen LogP contribution in [0.15, 0.2) is 23.8 Å². The van der Waals surface area contributed by atoms with Gasteiger partial charge in [0, 0.05) is 0 Å². The highest BCUT2D eigenvalue weighted by Crippen LogP contribution is 2.30. The van der Waals surface area contributed by atoms with Gasteiger partial charge in [0.15, 0.2) is 0 Å². The molecule has 3 heteroatoms. The lowest BCUT2D eigenvalue weighted by Crippen LogP contribution is -2.26. The summed E-state index contributed by atoms with van der Waals surface area (Å²) in [7, 11) is 0. The van der Waals surface area contributed by atoms with E-state index in [1.807, 2.05) is 13.8 Å². The standard InChI is InChI=1S/C13H20O3/c1-5-15-13(14)16-12-8-11(9(2)3)7-6-10(12)4/h6,11-12H,2,5,7-8H2,1,3-4H3/t11-,12-/m1/s1. The molecule has 0 saturated carbocycles. The van der Waals surface area contributed by atoms with Crippen LogP contribution in [-0.4, -0.2) is 18.9 Å². The zero-order valence-corrected chi connectivity index (χ0v) is 10.3. The van der Waals surface area contributed by atoms with Gasteiger partial charge in [0.05, 0.1) is 6.61 Å². The molecule has 0 N–H and O–H groups in total. The smallest absolute Gasteiger partial charge is 0.435 e. The molecule has 0 aliphatic heterocycles. The average molecular weight is 224 g/mol. The van der Waals surface area contributed by atoms with Crippen molar-refractivity contribution in [1.82, 2.24) is 0 Å². The molecule has 16 heavy (non-hydrogen) atoms. The second kappa shape index (κ2) is 5.73. The summed E-state index contributed by atoms with van der Waals surface area (Å²) in [6, 6.07) is 0. The first-order valence-corrected chi connectivity index (χ1v) is 5.70. The number of carbonyl (C=O) groups excluding carboxylic acids is 1. The largest absolute Gasteiger partial charge is 0.508 e. The van der Waals surface area contributed by atoms with Gasteiger partial charge in [-0.05, 0) is 45.1 Å². The third-order valence-electron chi connectivity index (χ3n) is 2.93. The number of ether oxygens (including phenoxy) is 2. The van der Waals surface area contributed by atoms with Crippen LogP contribution < -0.4 is 0 Å².